The molecule has 7 nitrogen and oxygen atoms in total. The number of rotatable bonds is 6. The lowest BCUT2D eigenvalue weighted by molar-refractivity contribution is -0.0258. The van der Waals surface area contributed by atoms with E-state index in [1.807, 2.05) is 20.8 Å². The summed E-state index contributed by atoms with van der Waals surface area (Å²) in [7, 11) is 1.27. The number of carbonyl (C=O) groups is 2. The SMILES string of the molecule is COC(=O)NCCO[C@@H](c1cc(Cl)ccc1F)[C@@H]1CCCN(C(=O)OC(C)(C)C)C1. The van der Waals surface area contributed by atoms with Crippen molar-refractivity contribution in [1.29, 1.82) is 0 Å². The Bertz CT molecular complexity index is 741. The van der Waals surface area contributed by atoms with Gasteiger partial charge >= 0.3 is 12.2 Å². The number of piperidine rings is 1. The number of carbonyl (C=O) groups excluding carboxylic acids is 2. The van der Waals surface area contributed by atoms with E-state index in [9.17, 15) is 14.0 Å². The van der Waals surface area contributed by atoms with Gasteiger partial charge < -0.3 is 24.4 Å². The lowest BCUT2D eigenvalue weighted by Gasteiger charge is -2.37. The second-order valence-electron chi connectivity index (χ2n) is 8.20. The molecule has 0 aromatic heterocycles. The number of alkyl carbamates (subject to hydrolysis) is 1. The Morgan fingerprint density at radius 1 is 1.37 bits per heavy atom. The number of likely N-dealkylation sites (tertiary alicyclic amines) is 1. The van der Waals surface area contributed by atoms with E-state index in [0.717, 1.165) is 12.8 Å². The summed E-state index contributed by atoms with van der Waals surface area (Å²) >= 11 is 6.09. The second-order valence-corrected chi connectivity index (χ2v) is 8.64. The smallest absolute Gasteiger partial charge is 0.410 e. The molecule has 168 valence electrons. The van der Waals surface area contributed by atoms with Gasteiger partial charge in [-0.25, -0.2) is 14.0 Å². The van der Waals surface area contributed by atoms with Crippen LogP contribution in [0.25, 0.3) is 0 Å². The highest BCUT2D eigenvalue weighted by molar-refractivity contribution is 6.30. The summed E-state index contributed by atoms with van der Waals surface area (Å²) in [6.07, 6.45) is -0.108. The molecule has 1 aliphatic rings. The molecule has 0 unspecified atom stereocenters. The van der Waals surface area contributed by atoms with Gasteiger partial charge in [-0.15, -0.1) is 0 Å². The van der Waals surface area contributed by atoms with Crippen LogP contribution in [0.15, 0.2) is 18.2 Å². The highest BCUT2D eigenvalue weighted by Crippen LogP contribution is 2.35. The van der Waals surface area contributed by atoms with Crippen LogP contribution in [0.5, 0.6) is 0 Å². The molecule has 1 saturated heterocycles. The molecule has 30 heavy (non-hydrogen) atoms. The first-order chi connectivity index (χ1) is 14.1. The summed E-state index contributed by atoms with van der Waals surface area (Å²) in [5.74, 6) is -0.586. The molecule has 1 aromatic rings. The maximum atomic E-state index is 14.6. The molecule has 1 heterocycles. The Hall–Kier alpha value is -2.06. The average molecular weight is 445 g/mol. The molecular formula is C21H30ClFN2O5. The predicted octanol–water partition coefficient (Wildman–Crippen LogP) is 4.54. The van der Waals surface area contributed by atoms with E-state index < -0.39 is 29.7 Å². The number of methoxy groups -OCH3 is 1. The number of hydrogen-bond donors (Lipinski definition) is 1. The van der Waals surface area contributed by atoms with Gasteiger partial charge in [0, 0.05) is 36.1 Å². The standard InChI is InChI=1S/C21H30ClFN2O5/c1-21(2,3)30-20(27)25-10-5-6-14(13-25)18(29-11-9-24-19(26)28-4)16-12-15(22)7-8-17(16)23/h7-8,12,14,18H,5-6,9-11,13H2,1-4H3,(H,24,26)/t14-,18-/m1/s1. The van der Waals surface area contributed by atoms with Crippen molar-refractivity contribution in [2.24, 2.45) is 5.92 Å². The number of ether oxygens (including phenoxy) is 3. The van der Waals surface area contributed by atoms with E-state index in [-0.39, 0.29) is 19.1 Å². The zero-order chi connectivity index (χ0) is 22.3. The van der Waals surface area contributed by atoms with Gasteiger partial charge in [0.2, 0.25) is 0 Å². The van der Waals surface area contributed by atoms with Crippen LogP contribution in [0.2, 0.25) is 5.02 Å². The monoisotopic (exact) mass is 444 g/mol. The summed E-state index contributed by atoms with van der Waals surface area (Å²) in [6.45, 7) is 6.73. The van der Waals surface area contributed by atoms with Crippen LogP contribution < -0.4 is 5.32 Å². The number of nitrogens with one attached hydrogen (secondary N) is 1. The van der Waals surface area contributed by atoms with Crippen molar-refractivity contribution >= 4 is 23.8 Å². The molecule has 0 spiro atoms. The number of nitrogens with zero attached hydrogens (tertiary/aromatic N) is 1. The number of halogens is 2. The van der Waals surface area contributed by atoms with Crippen molar-refractivity contribution in [1.82, 2.24) is 10.2 Å². The fraction of sp³-hybridized carbons (Fsp3) is 0.619. The Balaban J connectivity index is 2.15. The van der Waals surface area contributed by atoms with E-state index in [0.29, 0.717) is 23.7 Å². The molecular weight excluding hydrogens is 415 g/mol. The van der Waals surface area contributed by atoms with Gasteiger partial charge in [0.1, 0.15) is 11.4 Å². The fourth-order valence-electron chi connectivity index (χ4n) is 3.37. The third kappa shape index (κ3) is 7.32. The second kappa shape index (κ2) is 10.8. The van der Waals surface area contributed by atoms with Crippen LogP contribution in [0.4, 0.5) is 14.0 Å². The lowest BCUT2D eigenvalue weighted by Crippen LogP contribution is -2.44. The molecule has 1 N–H and O–H groups in total. The summed E-state index contributed by atoms with van der Waals surface area (Å²) in [4.78, 5) is 25.4. The molecule has 0 saturated carbocycles. The van der Waals surface area contributed by atoms with Crippen molar-refractivity contribution in [2.75, 3.05) is 33.4 Å². The summed E-state index contributed by atoms with van der Waals surface area (Å²) in [6, 6.07) is 4.32. The van der Waals surface area contributed by atoms with Crippen molar-refractivity contribution in [3.63, 3.8) is 0 Å². The van der Waals surface area contributed by atoms with Crippen LogP contribution in [0, 0.1) is 11.7 Å². The number of hydrogen-bond acceptors (Lipinski definition) is 5. The maximum Gasteiger partial charge on any atom is 0.410 e. The van der Waals surface area contributed by atoms with Gasteiger partial charge in [-0.05, 0) is 51.8 Å². The Kier molecular flexibility index (Phi) is 8.73. The lowest BCUT2D eigenvalue weighted by atomic mass is 9.88. The van der Waals surface area contributed by atoms with Gasteiger partial charge in [0.15, 0.2) is 0 Å². The molecule has 1 fully saturated rings. The van der Waals surface area contributed by atoms with Crippen molar-refractivity contribution in [3.8, 4) is 0 Å². The minimum Gasteiger partial charge on any atom is -0.453 e. The fourth-order valence-corrected chi connectivity index (χ4v) is 3.55. The topological polar surface area (TPSA) is 77.1 Å². The normalized spacial score (nSPS) is 17.9. The highest BCUT2D eigenvalue weighted by Gasteiger charge is 2.34. The molecule has 1 aliphatic heterocycles. The van der Waals surface area contributed by atoms with Gasteiger partial charge in [-0.2, -0.15) is 0 Å². The maximum absolute atomic E-state index is 14.6. The first-order valence-electron chi connectivity index (χ1n) is 9.97. The zero-order valence-electron chi connectivity index (χ0n) is 17.9. The molecule has 0 aliphatic carbocycles. The number of amides is 2. The highest BCUT2D eigenvalue weighted by atomic mass is 35.5. The molecule has 0 bridgehead atoms. The van der Waals surface area contributed by atoms with E-state index in [1.165, 1.54) is 19.2 Å². The zero-order valence-corrected chi connectivity index (χ0v) is 18.6. The van der Waals surface area contributed by atoms with Crippen LogP contribution in [-0.4, -0.2) is 56.0 Å². The first-order valence-corrected chi connectivity index (χ1v) is 10.3. The van der Waals surface area contributed by atoms with Gasteiger partial charge in [0.25, 0.3) is 0 Å². The van der Waals surface area contributed by atoms with E-state index in [2.05, 4.69) is 10.1 Å². The number of benzene rings is 1. The van der Waals surface area contributed by atoms with Crippen LogP contribution in [-0.2, 0) is 14.2 Å². The van der Waals surface area contributed by atoms with Crippen molar-refractivity contribution in [3.05, 3.63) is 34.6 Å². The summed E-state index contributed by atoms with van der Waals surface area (Å²) in [5, 5.41) is 2.93. The Morgan fingerprint density at radius 3 is 2.77 bits per heavy atom. The van der Waals surface area contributed by atoms with Crippen molar-refractivity contribution < 1.29 is 28.2 Å². The summed E-state index contributed by atoms with van der Waals surface area (Å²) in [5.41, 5.74) is -0.268. The Labute approximate surface area is 181 Å². The van der Waals surface area contributed by atoms with Crippen molar-refractivity contribution in [2.45, 2.75) is 45.3 Å². The van der Waals surface area contributed by atoms with Gasteiger partial charge in [-0.3, -0.25) is 0 Å². The largest absolute Gasteiger partial charge is 0.453 e. The van der Waals surface area contributed by atoms with Crippen LogP contribution >= 0.6 is 11.6 Å². The first kappa shape index (κ1) is 24.2. The van der Waals surface area contributed by atoms with E-state index >= 15 is 0 Å². The molecule has 2 rings (SSSR count). The molecule has 9 heteroatoms. The van der Waals surface area contributed by atoms with Crippen LogP contribution in [0.3, 0.4) is 0 Å². The Morgan fingerprint density at radius 2 is 2.10 bits per heavy atom. The molecule has 2 atom stereocenters. The minimum atomic E-state index is -0.631. The molecule has 1 aromatic carbocycles. The molecule has 0 radical (unpaired) electrons. The minimum absolute atomic E-state index is 0.147. The quantitative estimate of drug-likeness (QED) is 0.652. The predicted molar refractivity (Wildman–Crippen MR) is 111 cm³/mol. The van der Waals surface area contributed by atoms with E-state index in [4.69, 9.17) is 21.1 Å². The average Bonchev–Trinajstić information content (AvgIpc) is 2.68. The molecule has 2 amide bonds. The third-order valence-electron chi connectivity index (χ3n) is 4.66. The van der Waals surface area contributed by atoms with Crippen LogP contribution in [0.1, 0.15) is 45.3 Å². The van der Waals surface area contributed by atoms with E-state index in [1.54, 1.807) is 11.0 Å². The third-order valence-corrected chi connectivity index (χ3v) is 4.89. The van der Waals surface area contributed by atoms with Gasteiger partial charge in [0.05, 0.1) is 19.8 Å². The summed E-state index contributed by atoms with van der Waals surface area (Å²) < 4.78 is 30.6. The van der Waals surface area contributed by atoms with Gasteiger partial charge in [-0.1, -0.05) is 11.6 Å².